The highest BCUT2D eigenvalue weighted by Gasteiger charge is 2.09. The molecule has 92 valence electrons. The third-order valence-corrected chi connectivity index (χ3v) is 2.82. The van der Waals surface area contributed by atoms with E-state index in [1.165, 1.54) is 30.6 Å². The van der Waals surface area contributed by atoms with Crippen molar-refractivity contribution in [3.05, 3.63) is 51.6 Å². The van der Waals surface area contributed by atoms with Crippen molar-refractivity contribution in [3.8, 4) is 0 Å². The largest absolute Gasteiger partial charge is 0.305 e. The zero-order valence-corrected chi connectivity index (χ0v) is 11.2. The molecule has 1 heterocycles. The summed E-state index contributed by atoms with van der Waals surface area (Å²) in [5, 5.41) is 2.68. The Balaban J connectivity index is 2.19. The standard InChI is InChI=1S/C11H6BrClFN3O/c12-7-3-6(1-2-8(7)14)11(18)17-10-5-15-4-9(13)16-10/h1-5H,(H,16,17,18). The summed E-state index contributed by atoms with van der Waals surface area (Å²) < 4.78 is 13.2. The van der Waals surface area contributed by atoms with E-state index in [0.29, 0.717) is 5.56 Å². The van der Waals surface area contributed by atoms with E-state index in [1.54, 1.807) is 0 Å². The molecule has 7 heteroatoms. The SMILES string of the molecule is O=C(Nc1cncc(Cl)n1)c1ccc(F)c(Br)c1. The Hall–Kier alpha value is -1.53. The Labute approximate surface area is 115 Å². The molecular weight excluding hydrogens is 324 g/mol. The van der Waals surface area contributed by atoms with Crippen LogP contribution >= 0.6 is 27.5 Å². The quantitative estimate of drug-likeness (QED) is 0.919. The van der Waals surface area contributed by atoms with Gasteiger partial charge in [-0.05, 0) is 34.1 Å². The van der Waals surface area contributed by atoms with E-state index < -0.39 is 11.7 Å². The minimum atomic E-state index is -0.436. The molecule has 0 aliphatic carbocycles. The van der Waals surface area contributed by atoms with Gasteiger partial charge in [-0.15, -0.1) is 0 Å². The summed E-state index contributed by atoms with van der Waals surface area (Å²) in [6.07, 6.45) is 2.72. The fourth-order valence-corrected chi connectivity index (χ4v) is 1.75. The second-order valence-corrected chi connectivity index (χ2v) is 4.55. The summed E-state index contributed by atoms with van der Waals surface area (Å²) in [5.41, 5.74) is 0.296. The maximum absolute atomic E-state index is 13.0. The van der Waals surface area contributed by atoms with Gasteiger partial charge in [0.05, 0.1) is 16.9 Å². The summed E-state index contributed by atoms with van der Waals surface area (Å²) in [5.74, 6) is -0.630. The molecule has 0 spiro atoms. The zero-order valence-electron chi connectivity index (χ0n) is 8.82. The highest BCUT2D eigenvalue weighted by molar-refractivity contribution is 9.10. The Morgan fingerprint density at radius 2 is 2.17 bits per heavy atom. The van der Waals surface area contributed by atoms with Crippen LogP contribution in [0.25, 0.3) is 0 Å². The van der Waals surface area contributed by atoms with Gasteiger partial charge in [-0.1, -0.05) is 11.6 Å². The minimum Gasteiger partial charge on any atom is -0.305 e. The first-order valence-electron chi connectivity index (χ1n) is 4.80. The number of carbonyl (C=O) groups excluding carboxylic acids is 1. The number of benzene rings is 1. The summed E-state index contributed by atoms with van der Waals surface area (Å²) in [4.78, 5) is 19.5. The number of carbonyl (C=O) groups is 1. The molecule has 0 fully saturated rings. The second kappa shape index (κ2) is 5.41. The third-order valence-electron chi connectivity index (χ3n) is 2.03. The van der Waals surface area contributed by atoms with Crippen LogP contribution in [0.4, 0.5) is 10.2 Å². The highest BCUT2D eigenvalue weighted by atomic mass is 79.9. The lowest BCUT2D eigenvalue weighted by atomic mass is 10.2. The van der Waals surface area contributed by atoms with Crippen LogP contribution in [0.15, 0.2) is 35.1 Å². The smallest absolute Gasteiger partial charge is 0.256 e. The fraction of sp³-hybridized carbons (Fsp3) is 0. The number of anilines is 1. The molecule has 0 saturated heterocycles. The van der Waals surface area contributed by atoms with E-state index in [9.17, 15) is 9.18 Å². The van der Waals surface area contributed by atoms with Crippen molar-refractivity contribution >= 4 is 39.3 Å². The van der Waals surface area contributed by atoms with Crippen molar-refractivity contribution in [1.82, 2.24) is 9.97 Å². The van der Waals surface area contributed by atoms with Crippen LogP contribution in [0.5, 0.6) is 0 Å². The molecule has 4 nitrogen and oxygen atoms in total. The predicted octanol–water partition coefficient (Wildman–Crippen LogP) is 3.28. The highest BCUT2D eigenvalue weighted by Crippen LogP contribution is 2.17. The molecule has 1 aromatic carbocycles. The van der Waals surface area contributed by atoms with Gasteiger partial charge in [0, 0.05) is 5.56 Å². The molecule has 0 aliphatic heterocycles. The van der Waals surface area contributed by atoms with Gasteiger partial charge in [0.25, 0.3) is 5.91 Å². The maximum Gasteiger partial charge on any atom is 0.256 e. The first-order valence-corrected chi connectivity index (χ1v) is 5.97. The van der Waals surface area contributed by atoms with Crippen molar-refractivity contribution in [2.75, 3.05) is 5.32 Å². The van der Waals surface area contributed by atoms with Gasteiger partial charge in [-0.2, -0.15) is 0 Å². The average molecular weight is 331 g/mol. The van der Waals surface area contributed by atoms with Crippen LogP contribution in [0, 0.1) is 5.82 Å². The minimum absolute atomic E-state index is 0.174. The van der Waals surface area contributed by atoms with Gasteiger partial charge in [-0.25, -0.2) is 9.37 Å². The molecule has 0 atom stereocenters. The number of nitrogens with zero attached hydrogens (tertiary/aromatic N) is 2. The van der Waals surface area contributed by atoms with Gasteiger partial charge in [0.2, 0.25) is 0 Å². The molecule has 18 heavy (non-hydrogen) atoms. The number of hydrogen-bond donors (Lipinski definition) is 1. The monoisotopic (exact) mass is 329 g/mol. The van der Waals surface area contributed by atoms with Crippen molar-refractivity contribution in [3.63, 3.8) is 0 Å². The van der Waals surface area contributed by atoms with Crippen LogP contribution in [-0.2, 0) is 0 Å². The Bertz CT molecular complexity index is 609. The molecule has 0 aliphatic rings. The lowest BCUT2D eigenvalue weighted by Gasteiger charge is -2.04. The molecule has 0 unspecified atom stereocenters. The molecule has 1 aromatic heterocycles. The van der Waals surface area contributed by atoms with Crippen molar-refractivity contribution < 1.29 is 9.18 Å². The van der Waals surface area contributed by atoms with Crippen LogP contribution in [0.1, 0.15) is 10.4 Å². The number of halogens is 3. The normalized spacial score (nSPS) is 10.2. The number of amides is 1. The molecule has 0 saturated carbocycles. The topological polar surface area (TPSA) is 54.9 Å². The molecule has 2 rings (SSSR count). The van der Waals surface area contributed by atoms with Gasteiger partial charge in [0.1, 0.15) is 11.0 Å². The van der Waals surface area contributed by atoms with E-state index in [1.807, 2.05) is 0 Å². The Morgan fingerprint density at radius 1 is 1.39 bits per heavy atom. The van der Waals surface area contributed by atoms with Crippen LogP contribution in [0.3, 0.4) is 0 Å². The molecular formula is C11H6BrClFN3O. The number of nitrogens with one attached hydrogen (secondary N) is 1. The van der Waals surface area contributed by atoms with E-state index >= 15 is 0 Å². The second-order valence-electron chi connectivity index (χ2n) is 3.31. The van der Waals surface area contributed by atoms with Crippen LogP contribution in [0.2, 0.25) is 5.15 Å². The van der Waals surface area contributed by atoms with Crippen molar-refractivity contribution in [2.24, 2.45) is 0 Å². The lowest BCUT2D eigenvalue weighted by molar-refractivity contribution is 0.102. The van der Waals surface area contributed by atoms with Gasteiger partial charge in [-0.3, -0.25) is 9.78 Å². The molecule has 0 bridgehead atoms. The summed E-state index contributed by atoms with van der Waals surface area (Å²) in [7, 11) is 0. The summed E-state index contributed by atoms with van der Waals surface area (Å²) >= 11 is 8.65. The van der Waals surface area contributed by atoms with E-state index in [0.717, 1.165) is 0 Å². The number of hydrogen-bond acceptors (Lipinski definition) is 3. The van der Waals surface area contributed by atoms with Gasteiger partial charge >= 0.3 is 0 Å². The number of aromatic nitrogens is 2. The summed E-state index contributed by atoms with van der Waals surface area (Å²) in [6.45, 7) is 0. The predicted molar refractivity (Wildman–Crippen MR) is 69.1 cm³/mol. The molecule has 1 N–H and O–H groups in total. The number of rotatable bonds is 2. The third kappa shape index (κ3) is 3.02. The maximum atomic E-state index is 13.0. The van der Waals surface area contributed by atoms with E-state index in [-0.39, 0.29) is 15.4 Å². The zero-order chi connectivity index (χ0) is 13.1. The summed E-state index contributed by atoms with van der Waals surface area (Å²) in [6, 6.07) is 3.94. The van der Waals surface area contributed by atoms with Crippen LogP contribution in [-0.4, -0.2) is 15.9 Å². The first kappa shape index (κ1) is 12.9. The lowest BCUT2D eigenvalue weighted by Crippen LogP contribution is -2.13. The molecule has 1 amide bonds. The average Bonchev–Trinajstić information content (AvgIpc) is 2.32. The Kier molecular flexibility index (Phi) is 3.88. The van der Waals surface area contributed by atoms with Crippen LogP contribution < -0.4 is 5.32 Å². The first-order chi connectivity index (χ1) is 8.56. The Morgan fingerprint density at radius 3 is 2.83 bits per heavy atom. The van der Waals surface area contributed by atoms with Crippen molar-refractivity contribution in [1.29, 1.82) is 0 Å². The van der Waals surface area contributed by atoms with Gasteiger partial charge < -0.3 is 5.32 Å². The fourth-order valence-electron chi connectivity index (χ4n) is 1.23. The van der Waals surface area contributed by atoms with E-state index in [4.69, 9.17) is 11.6 Å². The molecule has 2 aromatic rings. The molecule has 0 radical (unpaired) electrons. The van der Waals surface area contributed by atoms with Gasteiger partial charge in [0.15, 0.2) is 5.82 Å². The van der Waals surface area contributed by atoms with E-state index in [2.05, 4.69) is 31.2 Å². The van der Waals surface area contributed by atoms with Crippen molar-refractivity contribution in [2.45, 2.75) is 0 Å².